The standard InChI is InChI=1S/C16H24N4O2/c1-3-21-13(2)16-18-15(22-19-16)12-20(10-9-17)11-14-7-5-4-6-8-14/h4-8,13H,3,9-12,17H2,1-2H3. The molecule has 0 spiro atoms. The summed E-state index contributed by atoms with van der Waals surface area (Å²) in [7, 11) is 0. The summed E-state index contributed by atoms with van der Waals surface area (Å²) in [6.07, 6.45) is -0.153. The first-order valence-corrected chi connectivity index (χ1v) is 7.63. The maximum atomic E-state index is 5.70. The Morgan fingerprint density at radius 3 is 2.73 bits per heavy atom. The van der Waals surface area contributed by atoms with Gasteiger partial charge >= 0.3 is 0 Å². The molecule has 0 amide bonds. The molecule has 1 aromatic carbocycles. The Labute approximate surface area is 131 Å². The van der Waals surface area contributed by atoms with E-state index in [2.05, 4.69) is 27.2 Å². The largest absolute Gasteiger partial charge is 0.371 e. The van der Waals surface area contributed by atoms with Gasteiger partial charge in [-0.15, -0.1) is 0 Å². The van der Waals surface area contributed by atoms with Crippen molar-refractivity contribution in [3.8, 4) is 0 Å². The van der Waals surface area contributed by atoms with Crippen LogP contribution in [0, 0.1) is 0 Å². The summed E-state index contributed by atoms with van der Waals surface area (Å²) in [6.45, 7) is 7.23. The number of hydrogen-bond acceptors (Lipinski definition) is 6. The van der Waals surface area contributed by atoms with E-state index in [0.717, 1.165) is 13.1 Å². The average Bonchev–Trinajstić information content (AvgIpc) is 2.97. The summed E-state index contributed by atoms with van der Waals surface area (Å²) in [5.41, 5.74) is 6.94. The molecule has 2 rings (SSSR count). The van der Waals surface area contributed by atoms with Crippen molar-refractivity contribution in [2.75, 3.05) is 19.7 Å². The molecule has 0 bridgehead atoms. The molecule has 1 aromatic heterocycles. The summed E-state index contributed by atoms with van der Waals surface area (Å²) < 4.78 is 10.8. The van der Waals surface area contributed by atoms with Crippen LogP contribution in [0.15, 0.2) is 34.9 Å². The van der Waals surface area contributed by atoms with Crippen molar-refractivity contribution in [3.63, 3.8) is 0 Å². The smallest absolute Gasteiger partial charge is 0.240 e. The van der Waals surface area contributed by atoms with Gasteiger partial charge in [-0.2, -0.15) is 4.98 Å². The Kier molecular flexibility index (Phi) is 6.51. The van der Waals surface area contributed by atoms with E-state index in [1.54, 1.807) is 0 Å². The molecule has 22 heavy (non-hydrogen) atoms. The Bertz CT molecular complexity index is 544. The van der Waals surface area contributed by atoms with Crippen LogP contribution < -0.4 is 5.73 Å². The fraction of sp³-hybridized carbons (Fsp3) is 0.500. The molecule has 120 valence electrons. The lowest BCUT2D eigenvalue weighted by molar-refractivity contribution is 0.0683. The quantitative estimate of drug-likeness (QED) is 0.764. The van der Waals surface area contributed by atoms with Crippen LogP contribution in [-0.2, 0) is 17.8 Å². The fourth-order valence-electron chi connectivity index (χ4n) is 2.25. The Hall–Kier alpha value is -1.76. The van der Waals surface area contributed by atoms with Crippen molar-refractivity contribution < 1.29 is 9.26 Å². The number of benzene rings is 1. The summed E-state index contributed by atoms with van der Waals surface area (Å²) in [4.78, 5) is 6.60. The summed E-state index contributed by atoms with van der Waals surface area (Å²) in [5.74, 6) is 1.18. The molecule has 0 saturated carbocycles. The molecule has 1 heterocycles. The lowest BCUT2D eigenvalue weighted by atomic mass is 10.2. The first kappa shape index (κ1) is 16.6. The van der Waals surface area contributed by atoms with Crippen molar-refractivity contribution in [1.29, 1.82) is 0 Å². The maximum Gasteiger partial charge on any atom is 0.240 e. The zero-order valence-corrected chi connectivity index (χ0v) is 13.2. The van der Waals surface area contributed by atoms with Crippen LogP contribution in [0.2, 0.25) is 0 Å². The van der Waals surface area contributed by atoms with Crippen molar-refractivity contribution in [2.45, 2.75) is 33.0 Å². The van der Waals surface area contributed by atoms with E-state index >= 15 is 0 Å². The molecular formula is C16H24N4O2. The van der Waals surface area contributed by atoms with Crippen molar-refractivity contribution in [2.24, 2.45) is 5.73 Å². The van der Waals surface area contributed by atoms with E-state index in [-0.39, 0.29) is 6.10 Å². The normalized spacial score (nSPS) is 12.7. The second kappa shape index (κ2) is 8.63. The van der Waals surface area contributed by atoms with Crippen LogP contribution in [0.1, 0.15) is 37.2 Å². The molecule has 2 N–H and O–H groups in total. The van der Waals surface area contributed by atoms with Gasteiger partial charge in [-0.1, -0.05) is 35.5 Å². The zero-order valence-electron chi connectivity index (χ0n) is 13.2. The van der Waals surface area contributed by atoms with Crippen LogP contribution in [0.5, 0.6) is 0 Å². The first-order valence-electron chi connectivity index (χ1n) is 7.63. The van der Waals surface area contributed by atoms with Crippen molar-refractivity contribution >= 4 is 0 Å². The number of rotatable bonds is 9. The Morgan fingerprint density at radius 1 is 1.27 bits per heavy atom. The monoisotopic (exact) mass is 304 g/mol. The molecular weight excluding hydrogens is 280 g/mol. The summed E-state index contributed by atoms with van der Waals surface area (Å²) in [5, 5.41) is 3.99. The van der Waals surface area contributed by atoms with Crippen molar-refractivity contribution in [3.05, 3.63) is 47.6 Å². The molecule has 6 heteroatoms. The van der Waals surface area contributed by atoms with Crippen molar-refractivity contribution in [1.82, 2.24) is 15.0 Å². The third-order valence-corrected chi connectivity index (χ3v) is 3.32. The summed E-state index contributed by atoms with van der Waals surface area (Å²) in [6, 6.07) is 10.3. The number of aromatic nitrogens is 2. The van der Waals surface area contributed by atoms with Crippen LogP contribution >= 0.6 is 0 Å². The van der Waals surface area contributed by atoms with Crippen LogP contribution in [0.3, 0.4) is 0 Å². The molecule has 2 aromatic rings. The minimum Gasteiger partial charge on any atom is -0.371 e. The highest BCUT2D eigenvalue weighted by atomic mass is 16.5. The minimum absolute atomic E-state index is 0.153. The van der Waals surface area contributed by atoms with E-state index < -0.39 is 0 Å². The predicted molar refractivity (Wildman–Crippen MR) is 83.9 cm³/mol. The predicted octanol–water partition coefficient (Wildman–Crippen LogP) is 2.13. The molecule has 0 saturated heterocycles. The van der Waals surface area contributed by atoms with E-state index in [1.165, 1.54) is 5.56 Å². The van der Waals surface area contributed by atoms with Crippen LogP contribution in [0.4, 0.5) is 0 Å². The van der Waals surface area contributed by atoms with Gasteiger partial charge in [-0.25, -0.2) is 0 Å². The second-order valence-corrected chi connectivity index (χ2v) is 5.13. The number of nitrogens with zero attached hydrogens (tertiary/aromatic N) is 3. The SMILES string of the molecule is CCOC(C)c1noc(CN(CCN)Cc2ccccc2)n1. The maximum absolute atomic E-state index is 5.70. The average molecular weight is 304 g/mol. The molecule has 0 radical (unpaired) electrons. The van der Waals surface area contributed by atoms with Gasteiger partial charge in [0, 0.05) is 26.2 Å². The number of ether oxygens (including phenoxy) is 1. The lowest BCUT2D eigenvalue weighted by Crippen LogP contribution is -2.28. The van der Waals surface area contributed by atoms with E-state index in [1.807, 2.05) is 32.0 Å². The third-order valence-electron chi connectivity index (χ3n) is 3.32. The first-order chi connectivity index (χ1) is 10.7. The topological polar surface area (TPSA) is 77.4 Å². The van der Waals surface area contributed by atoms with Gasteiger partial charge in [-0.05, 0) is 19.4 Å². The second-order valence-electron chi connectivity index (χ2n) is 5.13. The van der Waals surface area contributed by atoms with Gasteiger partial charge in [0.15, 0.2) is 5.82 Å². The van der Waals surface area contributed by atoms with Gasteiger partial charge in [0.05, 0.1) is 6.54 Å². The van der Waals surface area contributed by atoms with Gasteiger partial charge in [0.25, 0.3) is 0 Å². The molecule has 1 unspecified atom stereocenters. The Balaban J connectivity index is 1.98. The third kappa shape index (κ3) is 4.91. The highest BCUT2D eigenvalue weighted by Gasteiger charge is 2.16. The number of hydrogen-bond donors (Lipinski definition) is 1. The molecule has 0 aliphatic carbocycles. The fourth-order valence-corrected chi connectivity index (χ4v) is 2.25. The molecule has 0 aliphatic rings. The van der Waals surface area contributed by atoms with E-state index in [0.29, 0.717) is 31.4 Å². The van der Waals surface area contributed by atoms with Gasteiger partial charge in [0.1, 0.15) is 6.10 Å². The van der Waals surface area contributed by atoms with E-state index in [4.69, 9.17) is 15.0 Å². The lowest BCUT2D eigenvalue weighted by Gasteiger charge is -2.19. The molecule has 0 fully saturated rings. The van der Waals surface area contributed by atoms with E-state index in [9.17, 15) is 0 Å². The highest BCUT2D eigenvalue weighted by Crippen LogP contribution is 2.14. The number of nitrogens with two attached hydrogens (primary N) is 1. The molecule has 6 nitrogen and oxygen atoms in total. The molecule has 0 aliphatic heterocycles. The van der Waals surface area contributed by atoms with Gasteiger partial charge in [0.2, 0.25) is 5.89 Å². The summed E-state index contributed by atoms with van der Waals surface area (Å²) >= 11 is 0. The van der Waals surface area contributed by atoms with Crippen LogP contribution in [0.25, 0.3) is 0 Å². The molecule has 1 atom stereocenters. The minimum atomic E-state index is -0.153. The highest BCUT2D eigenvalue weighted by molar-refractivity contribution is 5.14. The van der Waals surface area contributed by atoms with Gasteiger partial charge < -0.3 is 15.0 Å². The zero-order chi connectivity index (χ0) is 15.8. The Morgan fingerprint density at radius 2 is 2.05 bits per heavy atom. The van der Waals surface area contributed by atoms with Crippen LogP contribution in [-0.4, -0.2) is 34.7 Å². The van der Waals surface area contributed by atoms with Gasteiger partial charge in [-0.3, -0.25) is 4.90 Å².